The zero-order valence-corrected chi connectivity index (χ0v) is 10.6. The summed E-state index contributed by atoms with van der Waals surface area (Å²) in [6.07, 6.45) is 0. The minimum atomic E-state index is 0.125. The van der Waals surface area contributed by atoms with Crippen molar-refractivity contribution in [2.75, 3.05) is 0 Å². The number of hydrogen-bond donors (Lipinski definition) is 2. The van der Waals surface area contributed by atoms with Crippen LogP contribution in [0.1, 0.15) is 5.56 Å². The van der Waals surface area contributed by atoms with Gasteiger partial charge in [-0.3, -0.25) is 0 Å². The molecule has 1 heterocycles. The number of nitrogens with zero attached hydrogens (tertiary/aromatic N) is 4. The molecule has 0 aliphatic heterocycles. The maximum absolute atomic E-state index is 9.09. The first-order chi connectivity index (χ1) is 9.24. The van der Waals surface area contributed by atoms with Gasteiger partial charge in [0.15, 0.2) is 5.49 Å². The molecule has 0 amide bonds. The lowest BCUT2D eigenvalue weighted by Crippen LogP contribution is -2.27. The Morgan fingerprint density at radius 3 is 2.53 bits per heavy atom. The summed E-state index contributed by atoms with van der Waals surface area (Å²) in [5, 5.41) is 28.6. The molecule has 6 nitrogen and oxygen atoms in total. The summed E-state index contributed by atoms with van der Waals surface area (Å²) in [6.45, 7) is 0.125. The lowest BCUT2D eigenvalue weighted by atomic mass is 10.1. The third-order valence-corrected chi connectivity index (χ3v) is 2.68. The topological polar surface area (TPSA) is 83.0 Å². The largest absolute Gasteiger partial charge is 0.411 e. The molecule has 0 atom stereocenters. The highest BCUT2D eigenvalue weighted by molar-refractivity contribution is 6.29. The van der Waals surface area contributed by atoms with Crippen molar-refractivity contribution < 1.29 is 10.4 Å². The standard InChI is InChI=1S/C12H11ClN4O2/c13-11-6-7-12(16-19)17(14-11)8-10(15-18)9-4-2-1-3-5-9/h1-7,18-19H,8H2/b15-10?,16-12+. The maximum Gasteiger partial charge on any atom is 0.188 e. The summed E-state index contributed by atoms with van der Waals surface area (Å²) in [5.41, 5.74) is 1.33. The predicted molar refractivity (Wildman–Crippen MR) is 69.4 cm³/mol. The van der Waals surface area contributed by atoms with Gasteiger partial charge >= 0.3 is 0 Å². The van der Waals surface area contributed by atoms with E-state index in [2.05, 4.69) is 15.4 Å². The molecule has 0 fully saturated rings. The number of hydrogen-bond acceptors (Lipinski definition) is 5. The van der Waals surface area contributed by atoms with E-state index in [0.29, 0.717) is 5.71 Å². The molecule has 0 saturated carbocycles. The highest BCUT2D eigenvalue weighted by Gasteiger charge is 2.07. The van der Waals surface area contributed by atoms with Crippen LogP contribution in [0.25, 0.3) is 0 Å². The fourth-order valence-electron chi connectivity index (χ4n) is 1.58. The van der Waals surface area contributed by atoms with Crippen LogP contribution >= 0.6 is 11.6 Å². The number of benzene rings is 1. The molecule has 2 rings (SSSR count). The van der Waals surface area contributed by atoms with Crippen molar-refractivity contribution in [3.63, 3.8) is 0 Å². The Bertz CT molecular complexity index is 652. The molecule has 2 aromatic rings. The third-order valence-electron chi connectivity index (χ3n) is 2.48. The van der Waals surface area contributed by atoms with Crippen molar-refractivity contribution in [1.29, 1.82) is 0 Å². The van der Waals surface area contributed by atoms with Crippen molar-refractivity contribution in [3.8, 4) is 0 Å². The first-order valence-electron chi connectivity index (χ1n) is 5.42. The van der Waals surface area contributed by atoms with Gasteiger partial charge in [0.1, 0.15) is 10.9 Å². The van der Waals surface area contributed by atoms with Crippen LogP contribution in [0.3, 0.4) is 0 Å². The summed E-state index contributed by atoms with van der Waals surface area (Å²) in [7, 11) is 0. The molecule has 0 radical (unpaired) electrons. The van der Waals surface area contributed by atoms with Crippen LogP contribution in [0.4, 0.5) is 0 Å². The average Bonchev–Trinajstić information content (AvgIpc) is 2.46. The summed E-state index contributed by atoms with van der Waals surface area (Å²) < 4.78 is 1.34. The van der Waals surface area contributed by atoms with E-state index in [4.69, 9.17) is 22.0 Å². The molecule has 98 valence electrons. The first-order valence-corrected chi connectivity index (χ1v) is 5.80. The second-order valence-electron chi connectivity index (χ2n) is 3.68. The van der Waals surface area contributed by atoms with Crippen molar-refractivity contribution in [3.05, 3.63) is 58.7 Å². The number of rotatable bonds is 3. The summed E-state index contributed by atoms with van der Waals surface area (Å²) in [6, 6.07) is 12.1. The van der Waals surface area contributed by atoms with Crippen LogP contribution in [0.15, 0.2) is 52.8 Å². The fraction of sp³-hybridized carbons (Fsp3) is 0.0833. The van der Waals surface area contributed by atoms with E-state index >= 15 is 0 Å². The smallest absolute Gasteiger partial charge is 0.188 e. The normalized spacial score (nSPS) is 12.7. The van der Waals surface area contributed by atoms with Gasteiger partial charge in [-0.25, -0.2) is 4.68 Å². The number of aromatic nitrogens is 2. The van der Waals surface area contributed by atoms with Gasteiger partial charge < -0.3 is 10.4 Å². The molecule has 0 aliphatic carbocycles. The van der Waals surface area contributed by atoms with Crippen LogP contribution in [0, 0.1) is 0 Å². The van der Waals surface area contributed by atoms with Gasteiger partial charge in [0.25, 0.3) is 0 Å². The van der Waals surface area contributed by atoms with Gasteiger partial charge in [0.05, 0.1) is 6.54 Å². The molecule has 0 aliphatic rings. The summed E-state index contributed by atoms with van der Waals surface area (Å²) in [4.78, 5) is 0. The van der Waals surface area contributed by atoms with Gasteiger partial charge in [0, 0.05) is 5.56 Å². The molecular weight excluding hydrogens is 268 g/mol. The van der Waals surface area contributed by atoms with E-state index in [1.54, 1.807) is 12.1 Å². The van der Waals surface area contributed by atoms with Crippen LogP contribution < -0.4 is 5.49 Å². The molecule has 7 heteroatoms. The van der Waals surface area contributed by atoms with E-state index in [-0.39, 0.29) is 17.2 Å². The monoisotopic (exact) mass is 278 g/mol. The van der Waals surface area contributed by atoms with Gasteiger partial charge in [-0.15, -0.1) is 0 Å². The lowest BCUT2D eigenvalue weighted by molar-refractivity contribution is 0.290. The van der Waals surface area contributed by atoms with Crippen LogP contribution in [0.2, 0.25) is 5.15 Å². The van der Waals surface area contributed by atoms with E-state index in [0.717, 1.165) is 5.56 Å². The van der Waals surface area contributed by atoms with E-state index < -0.39 is 0 Å². The lowest BCUT2D eigenvalue weighted by Gasteiger charge is -2.07. The molecule has 0 spiro atoms. The first kappa shape index (κ1) is 13.1. The molecule has 2 N–H and O–H groups in total. The predicted octanol–water partition coefficient (Wildman–Crippen LogP) is 1.70. The summed E-state index contributed by atoms with van der Waals surface area (Å²) >= 11 is 5.79. The quantitative estimate of drug-likeness (QED) is 0.509. The van der Waals surface area contributed by atoms with Gasteiger partial charge in [0.2, 0.25) is 0 Å². The zero-order chi connectivity index (χ0) is 13.7. The van der Waals surface area contributed by atoms with Crippen LogP contribution in [-0.2, 0) is 6.54 Å². The second kappa shape index (κ2) is 6.01. The molecule has 1 aromatic heterocycles. The second-order valence-corrected chi connectivity index (χ2v) is 4.07. The van der Waals surface area contributed by atoms with Crippen molar-refractivity contribution >= 4 is 17.3 Å². The molecule has 0 bridgehead atoms. The molecule has 1 aromatic carbocycles. The van der Waals surface area contributed by atoms with Gasteiger partial charge in [-0.2, -0.15) is 5.10 Å². The Kier molecular flexibility index (Phi) is 4.15. The SMILES string of the molecule is ON=C(Cn1nc(Cl)cc/c1=N\O)c1ccccc1. The Balaban J connectivity index is 2.38. The molecule has 0 unspecified atom stereocenters. The third kappa shape index (κ3) is 3.11. The summed E-state index contributed by atoms with van der Waals surface area (Å²) in [5.74, 6) is 0. The molecule has 19 heavy (non-hydrogen) atoms. The van der Waals surface area contributed by atoms with E-state index in [9.17, 15) is 0 Å². The Morgan fingerprint density at radius 1 is 1.16 bits per heavy atom. The van der Waals surface area contributed by atoms with Crippen molar-refractivity contribution in [1.82, 2.24) is 9.78 Å². The Hall–Kier alpha value is -2.34. The minimum Gasteiger partial charge on any atom is -0.411 e. The maximum atomic E-state index is 9.09. The fourth-order valence-corrected chi connectivity index (χ4v) is 1.74. The van der Waals surface area contributed by atoms with E-state index in [1.807, 2.05) is 18.2 Å². The number of halogens is 1. The highest BCUT2D eigenvalue weighted by Crippen LogP contribution is 2.04. The Morgan fingerprint density at radius 2 is 1.89 bits per heavy atom. The van der Waals surface area contributed by atoms with E-state index in [1.165, 1.54) is 16.8 Å². The van der Waals surface area contributed by atoms with Crippen molar-refractivity contribution in [2.24, 2.45) is 10.3 Å². The van der Waals surface area contributed by atoms with Gasteiger partial charge in [-0.1, -0.05) is 52.2 Å². The Labute approximate surface area is 113 Å². The van der Waals surface area contributed by atoms with Crippen molar-refractivity contribution in [2.45, 2.75) is 6.54 Å². The minimum absolute atomic E-state index is 0.125. The van der Waals surface area contributed by atoms with Gasteiger partial charge in [-0.05, 0) is 12.1 Å². The number of oxime groups is 1. The van der Waals surface area contributed by atoms with Crippen LogP contribution in [0.5, 0.6) is 0 Å². The highest BCUT2D eigenvalue weighted by atomic mass is 35.5. The van der Waals surface area contributed by atoms with Crippen LogP contribution in [-0.4, -0.2) is 25.9 Å². The zero-order valence-electron chi connectivity index (χ0n) is 9.81. The average molecular weight is 279 g/mol. The molecule has 0 saturated heterocycles. The molecular formula is C12H11ClN4O2.